The highest BCUT2D eigenvalue weighted by Gasteiger charge is 2.17. The molecule has 2 rings (SSSR count). The molecule has 1 N–H and O–H groups in total. The zero-order chi connectivity index (χ0) is 14.5. The molecule has 2 aromatic rings. The van der Waals surface area contributed by atoms with E-state index in [0.717, 1.165) is 0 Å². The number of thioether (sulfide) groups is 1. The maximum absolute atomic E-state index is 12.3. The lowest BCUT2D eigenvalue weighted by atomic mass is 10.1. The number of methoxy groups -OCH3 is 1. The maximum Gasteiger partial charge on any atom is 0.251 e. The van der Waals surface area contributed by atoms with Gasteiger partial charge in [-0.15, -0.1) is 0 Å². The first-order valence-corrected chi connectivity index (χ1v) is 6.88. The predicted octanol–water partition coefficient (Wildman–Crippen LogP) is 2.14. The number of hydrogen-bond acceptors (Lipinski definition) is 5. The summed E-state index contributed by atoms with van der Waals surface area (Å²) in [6.45, 7) is 1.78. The third-order valence-electron chi connectivity index (χ3n) is 2.68. The number of hydrogen-bond donors (Lipinski definition) is 1. The van der Waals surface area contributed by atoms with Crippen LogP contribution in [0.3, 0.4) is 0 Å². The Bertz CT molecular complexity index is 652. The molecule has 0 aliphatic carbocycles. The van der Waals surface area contributed by atoms with Crippen molar-refractivity contribution in [3.8, 4) is 5.75 Å². The highest BCUT2D eigenvalue weighted by atomic mass is 32.2. The second-order valence-corrected chi connectivity index (χ2v) is 5.42. The van der Waals surface area contributed by atoms with E-state index in [1.54, 1.807) is 38.3 Å². The lowest BCUT2D eigenvalue weighted by Crippen LogP contribution is -2.15. The number of benzene rings is 1. The van der Waals surface area contributed by atoms with Crippen molar-refractivity contribution in [1.29, 1.82) is 0 Å². The second-order valence-electron chi connectivity index (χ2n) is 4.09. The van der Waals surface area contributed by atoms with Gasteiger partial charge in [0, 0.05) is 17.8 Å². The van der Waals surface area contributed by atoms with E-state index < -0.39 is 0 Å². The average molecular weight is 290 g/mol. The van der Waals surface area contributed by atoms with Crippen LogP contribution in [0.25, 0.3) is 0 Å². The lowest BCUT2D eigenvalue weighted by Gasteiger charge is -2.09. The maximum atomic E-state index is 12.3. The van der Waals surface area contributed by atoms with Gasteiger partial charge >= 0.3 is 0 Å². The summed E-state index contributed by atoms with van der Waals surface area (Å²) in [5.41, 5.74) is 0.371. The van der Waals surface area contributed by atoms with Gasteiger partial charge in [-0.2, -0.15) is 0 Å². The summed E-state index contributed by atoms with van der Waals surface area (Å²) < 4.78 is 5.05. The molecule has 0 fully saturated rings. The fraction of sp³-hybridized carbons (Fsp3) is 0.214. The van der Waals surface area contributed by atoms with Crippen molar-refractivity contribution in [2.45, 2.75) is 17.3 Å². The highest BCUT2D eigenvalue weighted by Crippen LogP contribution is 2.22. The number of aromatic amines is 1. The zero-order valence-electron chi connectivity index (χ0n) is 11.1. The molecule has 1 aromatic heterocycles. The summed E-state index contributed by atoms with van der Waals surface area (Å²) in [5.74, 6) is 0.681. The van der Waals surface area contributed by atoms with Crippen LogP contribution in [-0.4, -0.2) is 28.1 Å². The smallest absolute Gasteiger partial charge is 0.251 e. The Morgan fingerprint density at radius 3 is 2.60 bits per heavy atom. The van der Waals surface area contributed by atoms with Gasteiger partial charge < -0.3 is 9.72 Å². The molecule has 0 amide bonds. The van der Waals surface area contributed by atoms with Gasteiger partial charge in [0.05, 0.1) is 12.4 Å². The molecule has 1 aromatic carbocycles. The van der Waals surface area contributed by atoms with Crippen LogP contribution in [0.5, 0.6) is 5.75 Å². The largest absolute Gasteiger partial charge is 0.497 e. The Morgan fingerprint density at radius 1 is 1.30 bits per heavy atom. The minimum Gasteiger partial charge on any atom is -0.497 e. The van der Waals surface area contributed by atoms with Gasteiger partial charge in [-0.05, 0) is 31.2 Å². The summed E-state index contributed by atoms with van der Waals surface area (Å²) in [6.07, 6.45) is 1.42. The fourth-order valence-electron chi connectivity index (χ4n) is 1.62. The quantitative estimate of drug-likeness (QED) is 0.519. The first-order chi connectivity index (χ1) is 9.60. The third-order valence-corrected chi connectivity index (χ3v) is 3.68. The van der Waals surface area contributed by atoms with Crippen molar-refractivity contribution in [2.75, 3.05) is 7.11 Å². The number of Topliss-reactive ketones (excluding diaryl/α,β-unsaturated/α-hetero) is 1. The van der Waals surface area contributed by atoms with Gasteiger partial charge in [0.2, 0.25) is 0 Å². The van der Waals surface area contributed by atoms with Crippen LogP contribution in [0.15, 0.2) is 46.5 Å². The summed E-state index contributed by atoms with van der Waals surface area (Å²) in [5, 5.41) is 0.0980. The van der Waals surface area contributed by atoms with E-state index in [4.69, 9.17) is 4.74 Å². The lowest BCUT2D eigenvalue weighted by molar-refractivity contribution is 0.0994. The Morgan fingerprint density at radius 2 is 2.00 bits per heavy atom. The minimum atomic E-state index is -0.339. The molecule has 0 spiro atoms. The molecule has 0 bridgehead atoms. The number of ether oxygens (including phenoxy) is 1. The molecule has 20 heavy (non-hydrogen) atoms. The second kappa shape index (κ2) is 6.38. The predicted molar refractivity (Wildman–Crippen MR) is 77.5 cm³/mol. The van der Waals surface area contributed by atoms with Crippen LogP contribution in [-0.2, 0) is 0 Å². The molecule has 0 saturated heterocycles. The number of carbonyl (C=O) groups is 1. The first-order valence-electron chi connectivity index (χ1n) is 6.00. The summed E-state index contributed by atoms with van der Waals surface area (Å²) in [6, 6.07) is 8.26. The van der Waals surface area contributed by atoms with E-state index in [-0.39, 0.29) is 16.6 Å². The molecule has 104 valence electrons. The van der Waals surface area contributed by atoms with Crippen LogP contribution in [0.4, 0.5) is 0 Å². The normalized spacial score (nSPS) is 11.9. The number of rotatable bonds is 5. The average Bonchev–Trinajstić information content (AvgIpc) is 2.46. The Labute approximate surface area is 120 Å². The number of nitrogens with one attached hydrogen (secondary N) is 1. The molecule has 1 unspecified atom stereocenters. The van der Waals surface area contributed by atoms with E-state index in [1.807, 2.05) is 0 Å². The van der Waals surface area contributed by atoms with Crippen molar-refractivity contribution in [1.82, 2.24) is 9.97 Å². The Kier molecular flexibility index (Phi) is 4.57. The highest BCUT2D eigenvalue weighted by molar-refractivity contribution is 8.00. The van der Waals surface area contributed by atoms with Crippen LogP contribution < -0.4 is 10.3 Å². The molecule has 1 atom stereocenters. The van der Waals surface area contributed by atoms with Crippen molar-refractivity contribution in [3.05, 3.63) is 52.4 Å². The number of nitrogens with zero attached hydrogens (tertiary/aromatic N) is 1. The standard InChI is InChI=1S/C14H14N2O3S/c1-9(20-14-15-8-7-12(17)16-14)13(18)10-3-5-11(19-2)6-4-10/h3-9H,1-2H3,(H,15,16,17). The van der Waals surface area contributed by atoms with E-state index >= 15 is 0 Å². The summed E-state index contributed by atoms with van der Waals surface area (Å²) in [4.78, 5) is 30.0. The fourth-order valence-corrected chi connectivity index (χ4v) is 2.48. The molecule has 0 aliphatic rings. The molecule has 0 aliphatic heterocycles. The van der Waals surface area contributed by atoms with Gasteiger partial charge in [0.25, 0.3) is 5.56 Å². The number of ketones is 1. The van der Waals surface area contributed by atoms with Crippen LogP contribution in [0.1, 0.15) is 17.3 Å². The van der Waals surface area contributed by atoms with Crippen molar-refractivity contribution < 1.29 is 9.53 Å². The van der Waals surface area contributed by atoms with E-state index in [9.17, 15) is 9.59 Å². The monoisotopic (exact) mass is 290 g/mol. The Hall–Kier alpha value is -2.08. The first kappa shape index (κ1) is 14.3. The van der Waals surface area contributed by atoms with Gasteiger partial charge in [-0.25, -0.2) is 4.98 Å². The van der Waals surface area contributed by atoms with Crippen LogP contribution in [0, 0.1) is 0 Å². The van der Waals surface area contributed by atoms with Crippen LogP contribution in [0.2, 0.25) is 0 Å². The molecular weight excluding hydrogens is 276 g/mol. The molecule has 0 saturated carbocycles. The number of carbonyl (C=O) groups excluding carboxylic acids is 1. The van der Waals surface area contributed by atoms with Crippen LogP contribution >= 0.6 is 11.8 Å². The molecule has 0 radical (unpaired) electrons. The molecule has 1 heterocycles. The summed E-state index contributed by atoms with van der Waals surface area (Å²) >= 11 is 1.22. The van der Waals surface area contributed by atoms with E-state index in [2.05, 4.69) is 9.97 Å². The SMILES string of the molecule is COc1ccc(C(=O)C(C)Sc2nccc(=O)[nH]2)cc1. The Balaban J connectivity index is 2.09. The van der Waals surface area contributed by atoms with Crippen molar-refractivity contribution in [2.24, 2.45) is 0 Å². The zero-order valence-corrected chi connectivity index (χ0v) is 11.9. The molecule has 5 nitrogen and oxygen atoms in total. The number of H-pyrrole nitrogens is 1. The minimum absolute atomic E-state index is 0.0239. The molecule has 6 heteroatoms. The van der Waals surface area contributed by atoms with Gasteiger partial charge in [-0.3, -0.25) is 9.59 Å². The summed E-state index contributed by atoms with van der Waals surface area (Å²) in [7, 11) is 1.58. The van der Waals surface area contributed by atoms with Gasteiger partial charge in [0.1, 0.15) is 5.75 Å². The molecular formula is C14H14N2O3S. The number of aromatic nitrogens is 2. The van der Waals surface area contributed by atoms with E-state index in [0.29, 0.717) is 16.5 Å². The topological polar surface area (TPSA) is 72.0 Å². The van der Waals surface area contributed by atoms with Gasteiger partial charge in [0.15, 0.2) is 10.9 Å². The van der Waals surface area contributed by atoms with Gasteiger partial charge in [-0.1, -0.05) is 11.8 Å². The van der Waals surface area contributed by atoms with Crippen molar-refractivity contribution >= 4 is 17.5 Å². The van der Waals surface area contributed by atoms with E-state index in [1.165, 1.54) is 24.0 Å². The third kappa shape index (κ3) is 3.48. The van der Waals surface area contributed by atoms with Crippen molar-refractivity contribution in [3.63, 3.8) is 0 Å².